The molecule has 1 saturated heterocycles. The lowest BCUT2D eigenvalue weighted by Crippen LogP contribution is -2.24. The first-order chi connectivity index (χ1) is 12.6. The average molecular weight is 354 g/mol. The number of pyridine rings is 1. The third kappa shape index (κ3) is 3.93. The number of methoxy groups -OCH3 is 1. The van der Waals surface area contributed by atoms with Crippen LogP contribution in [0.15, 0.2) is 36.5 Å². The fraction of sp³-hybridized carbons (Fsp3) is 0.316. The molecule has 1 aliphatic rings. The molecule has 26 heavy (non-hydrogen) atoms. The van der Waals surface area contributed by atoms with Crippen molar-refractivity contribution in [3.05, 3.63) is 42.1 Å². The Morgan fingerprint density at radius 2 is 1.92 bits per heavy atom. The average Bonchev–Trinajstić information content (AvgIpc) is 3.16. The van der Waals surface area contributed by atoms with E-state index in [0.29, 0.717) is 28.5 Å². The molecule has 1 aromatic carbocycles. The Hall–Kier alpha value is -3.09. The van der Waals surface area contributed by atoms with Gasteiger partial charge in [0.05, 0.1) is 18.4 Å². The molecule has 2 amide bonds. The number of benzene rings is 1. The molecule has 2 N–H and O–H groups in total. The first-order valence-electron chi connectivity index (χ1n) is 8.55. The molecule has 2 aromatic rings. The van der Waals surface area contributed by atoms with Gasteiger partial charge in [-0.05, 0) is 43.2 Å². The van der Waals surface area contributed by atoms with Crippen LogP contribution in [-0.2, 0) is 4.79 Å². The van der Waals surface area contributed by atoms with Gasteiger partial charge in [0, 0.05) is 31.9 Å². The number of carbonyl (C=O) groups excluding carboxylic acids is 2. The van der Waals surface area contributed by atoms with Crippen LogP contribution in [0.3, 0.4) is 0 Å². The van der Waals surface area contributed by atoms with Gasteiger partial charge in [-0.1, -0.05) is 0 Å². The summed E-state index contributed by atoms with van der Waals surface area (Å²) in [6.07, 6.45) is 3.90. The molecule has 0 atom stereocenters. The van der Waals surface area contributed by atoms with Crippen molar-refractivity contribution in [1.82, 2.24) is 4.98 Å². The fourth-order valence-electron chi connectivity index (χ4n) is 3.03. The van der Waals surface area contributed by atoms with Crippen LogP contribution in [0, 0.1) is 0 Å². The van der Waals surface area contributed by atoms with E-state index >= 15 is 0 Å². The molecule has 7 heteroatoms. The lowest BCUT2D eigenvalue weighted by molar-refractivity contribution is -0.114. The lowest BCUT2D eigenvalue weighted by Gasteiger charge is -2.20. The molecule has 1 aliphatic heterocycles. The number of nitrogens with one attached hydrogen (secondary N) is 2. The third-order valence-electron chi connectivity index (χ3n) is 4.20. The summed E-state index contributed by atoms with van der Waals surface area (Å²) < 4.78 is 5.32. The molecule has 7 nitrogen and oxygen atoms in total. The van der Waals surface area contributed by atoms with Crippen molar-refractivity contribution in [1.29, 1.82) is 0 Å². The monoisotopic (exact) mass is 354 g/mol. The molecule has 0 aliphatic carbocycles. The van der Waals surface area contributed by atoms with Gasteiger partial charge >= 0.3 is 0 Å². The number of nitrogens with zero attached hydrogens (tertiary/aromatic N) is 2. The van der Waals surface area contributed by atoms with Crippen LogP contribution < -0.4 is 20.3 Å². The Morgan fingerprint density at radius 1 is 1.15 bits per heavy atom. The topological polar surface area (TPSA) is 83.6 Å². The van der Waals surface area contributed by atoms with E-state index in [1.165, 1.54) is 14.0 Å². The van der Waals surface area contributed by atoms with E-state index in [-0.39, 0.29) is 11.8 Å². The fourth-order valence-corrected chi connectivity index (χ4v) is 3.03. The second-order valence-electron chi connectivity index (χ2n) is 6.12. The van der Waals surface area contributed by atoms with Crippen LogP contribution in [-0.4, -0.2) is 37.0 Å². The van der Waals surface area contributed by atoms with Crippen molar-refractivity contribution in [2.75, 3.05) is 35.7 Å². The highest BCUT2D eigenvalue weighted by atomic mass is 16.5. The summed E-state index contributed by atoms with van der Waals surface area (Å²) in [5, 5.41) is 5.57. The molecule has 1 aromatic heterocycles. The minimum Gasteiger partial charge on any atom is -0.495 e. The zero-order valence-corrected chi connectivity index (χ0v) is 14.9. The van der Waals surface area contributed by atoms with E-state index in [2.05, 4.69) is 20.5 Å². The standard InChI is InChI=1S/C19H22N4O3/c1-13(24)21-14-7-8-17(26-2)16(12-14)22-19(25)15-6-5-9-20-18(15)23-10-3-4-11-23/h5-9,12H,3-4,10-11H2,1-2H3,(H,21,24)(H,22,25). The molecule has 136 valence electrons. The Morgan fingerprint density at radius 3 is 2.62 bits per heavy atom. The van der Waals surface area contributed by atoms with Crippen molar-refractivity contribution >= 4 is 29.0 Å². The largest absolute Gasteiger partial charge is 0.495 e. The minimum absolute atomic E-state index is 0.184. The van der Waals surface area contributed by atoms with Crippen molar-refractivity contribution in [2.24, 2.45) is 0 Å². The molecule has 3 rings (SSSR count). The zero-order chi connectivity index (χ0) is 18.5. The Labute approximate surface area is 152 Å². The molecule has 0 unspecified atom stereocenters. The van der Waals surface area contributed by atoms with Gasteiger partial charge in [0.1, 0.15) is 11.6 Å². The third-order valence-corrected chi connectivity index (χ3v) is 4.20. The molecule has 0 bridgehead atoms. The van der Waals surface area contributed by atoms with Crippen molar-refractivity contribution in [3.8, 4) is 5.75 Å². The molecule has 1 fully saturated rings. The molecular formula is C19H22N4O3. The first-order valence-corrected chi connectivity index (χ1v) is 8.55. The second-order valence-corrected chi connectivity index (χ2v) is 6.12. The van der Waals surface area contributed by atoms with Gasteiger partial charge < -0.3 is 20.3 Å². The molecule has 0 spiro atoms. The van der Waals surface area contributed by atoms with Crippen molar-refractivity contribution in [3.63, 3.8) is 0 Å². The van der Waals surface area contributed by atoms with E-state index in [9.17, 15) is 9.59 Å². The second kappa shape index (κ2) is 7.86. The summed E-state index contributed by atoms with van der Waals surface area (Å²) in [6.45, 7) is 3.23. The highest BCUT2D eigenvalue weighted by Gasteiger charge is 2.21. The Balaban J connectivity index is 1.87. The van der Waals surface area contributed by atoms with E-state index in [1.807, 2.05) is 0 Å². The molecule has 0 radical (unpaired) electrons. The van der Waals surface area contributed by atoms with Gasteiger partial charge in [-0.3, -0.25) is 9.59 Å². The number of rotatable bonds is 5. The molecular weight excluding hydrogens is 332 g/mol. The summed E-state index contributed by atoms with van der Waals surface area (Å²) >= 11 is 0. The van der Waals surface area contributed by atoms with E-state index in [4.69, 9.17) is 4.74 Å². The SMILES string of the molecule is COc1ccc(NC(C)=O)cc1NC(=O)c1cccnc1N1CCCC1. The van der Waals surface area contributed by atoms with E-state index in [1.54, 1.807) is 36.5 Å². The highest BCUT2D eigenvalue weighted by molar-refractivity contribution is 6.08. The lowest BCUT2D eigenvalue weighted by atomic mass is 10.2. The number of hydrogen-bond acceptors (Lipinski definition) is 5. The van der Waals surface area contributed by atoms with Gasteiger partial charge in [-0.15, -0.1) is 0 Å². The number of aromatic nitrogens is 1. The number of hydrogen-bond donors (Lipinski definition) is 2. The van der Waals surface area contributed by atoms with Gasteiger partial charge in [0.2, 0.25) is 5.91 Å². The predicted octanol–water partition coefficient (Wildman–Crippen LogP) is 2.90. The van der Waals surface area contributed by atoms with Crippen LogP contribution in [0.1, 0.15) is 30.1 Å². The maximum atomic E-state index is 12.9. The van der Waals surface area contributed by atoms with Crippen LogP contribution >= 0.6 is 0 Å². The maximum Gasteiger partial charge on any atom is 0.259 e. The predicted molar refractivity (Wildman–Crippen MR) is 101 cm³/mol. The summed E-state index contributed by atoms with van der Waals surface area (Å²) in [5.74, 6) is 0.757. The summed E-state index contributed by atoms with van der Waals surface area (Å²) in [7, 11) is 1.53. The Kier molecular flexibility index (Phi) is 5.36. The number of carbonyl (C=O) groups is 2. The number of anilines is 3. The normalized spacial score (nSPS) is 13.4. The minimum atomic E-state index is -0.265. The van der Waals surface area contributed by atoms with Crippen molar-refractivity contribution in [2.45, 2.75) is 19.8 Å². The van der Waals surface area contributed by atoms with Gasteiger partial charge in [-0.2, -0.15) is 0 Å². The highest BCUT2D eigenvalue weighted by Crippen LogP contribution is 2.29. The molecule has 2 heterocycles. The zero-order valence-electron chi connectivity index (χ0n) is 14.9. The van der Waals surface area contributed by atoms with Gasteiger partial charge in [-0.25, -0.2) is 4.98 Å². The van der Waals surface area contributed by atoms with Gasteiger partial charge in [0.15, 0.2) is 0 Å². The van der Waals surface area contributed by atoms with Crippen LogP contribution in [0.5, 0.6) is 5.75 Å². The van der Waals surface area contributed by atoms with Crippen LogP contribution in [0.25, 0.3) is 0 Å². The Bertz CT molecular complexity index is 816. The quantitative estimate of drug-likeness (QED) is 0.863. The summed E-state index contributed by atoms with van der Waals surface area (Å²) in [4.78, 5) is 30.7. The first kappa shape index (κ1) is 17.7. The van der Waals surface area contributed by atoms with Crippen LogP contribution in [0.2, 0.25) is 0 Å². The number of ether oxygens (including phenoxy) is 1. The van der Waals surface area contributed by atoms with Crippen molar-refractivity contribution < 1.29 is 14.3 Å². The van der Waals surface area contributed by atoms with Crippen LogP contribution in [0.4, 0.5) is 17.2 Å². The smallest absolute Gasteiger partial charge is 0.259 e. The number of amides is 2. The van der Waals surface area contributed by atoms with E-state index < -0.39 is 0 Å². The summed E-state index contributed by atoms with van der Waals surface area (Å²) in [6, 6.07) is 8.60. The van der Waals surface area contributed by atoms with Gasteiger partial charge in [0.25, 0.3) is 5.91 Å². The molecule has 0 saturated carbocycles. The maximum absolute atomic E-state index is 12.9. The summed E-state index contributed by atoms with van der Waals surface area (Å²) in [5.41, 5.74) is 1.58. The van der Waals surface area contributed by atoms with E-state index in [0.717, 1.165) is 25.9 Å².